The maximum Gasteiger partial charge on any atom is 0.297 e. The summed E-state index contributed by atoms with van der Waals surface area (Å²) in [5, 5.41) is 8.90. The lowest BCUT2D eigenvalue weighted by atomic mass is 9.96. The van der Waals surface area contributed by atoms with Gasteiger partial charge in [-0.25, -0.2) is 0 Å². The molecule has 1 aromatic carbocycles. The molecule has 0 saturated heterocycles. The Labute approximate surface area is 123 Å². The first-order chi connectivity index (χ1) is 10.0. The zero-order valence-electron chi connectivity index (χ0n) is 11.7. The molecule has 2 heterocycles. The minimum atomic E-state index is -3.74. The van der Waals surface area contributed by atoms with E-state index < -0.39 is 10.0 Å². The molecule has 1 N–H and O–H groups in total. The normalized spacial score (nSPS) is 18.6. The van der Waals surface area contributed by atoms with Crippen molar-refractivity contribution in [2.45, 2.75) is 25.0 Å². The minimum Gasteiger partial charge on any atom is -0.445 e. The van der Waals surface area contributed by atoms with E-state index in [2.05, 4.69) is 0 Å². The number of furan rings is 1. The zero-order valence-corrected chi connectivity index (χ0v) is 12.5. The van der Waals surface area contributed by atoms with Crippen LogP contribution >= 0.6 is 0 Å². The van der Waals surface area contributed by atoms with Gasteiger partial charge in [0.15, 0.2) is 0 Å². The van der Waals surface area contributed by atoms with Crippen molar-refractivity contribution in [3.05, 3.63) is 47.7 Å². The van der Waals surface area contributed by atoms with Gasteiger partial charge in [-0.05, 0) is 36.1 Å². The third kappa shape index (κ3) is 2.45. The Morgan fingerprint density at radius 3 is 2.76 bits per heavy atom. The summed E-state index contributed by atoms with van der Waals surface area (Å²) < 4.78 is 32.2. The summed E-state index contributed by atoms with van der Waals surface area (Å²) in [4.78, 5) is 0. The Morgan fingerprint density at radius 1 is 1.29 bits per heavy atom. The quantitative estimate of drug-likeness (QED) is 0.943. The molecule has 5 nitrogen and oxygen atoms in total. The molecule has 1 aliphatic heterocycles. The molecule has 2 aromatic rings. The smallest absolute Gasteiger partial charge is 0.297 e. The van der Waals surface area contributed by atoms with Crippen LogP contribution in [0.1, 0.15) is 18.2 Å². The summed E-state index contributed by atoms with van der Waals surface area (Å²) in [6.07, 6.45) is 0.863. The second kappa shape index (κ2) is 5.20. The van der Waals surface area contributed by atoms with E-state index in [0.29, 0.717) is 12.2 Å². The van der Waals surface area contributed by atoms with Crippen molar-refractivity contribution in [2.75, 3.05) is 10.8 Å². The maximum absolute atomic E-state index is 12.8. The Morgan fingerprint density at radius 2 is 2.05 bits per heavy atom. The molecule has 0 spiro atoms. The summed E-state index contributed by atoms with van der Waals surface area (Å²) >= 11 is 0. The van der Waals surface area contributed by atoms with E-state index in [1.807, 2.05) is 31.2 Å². The second-order valence-electron chi connectivity index (χ2n) is 5.35. The van der Waals surface area contributed by atoms with Crippen LogP contribution in [-0.2, 0) is 23.1 Å². The first kappa shape index (κ1) is 14.2. The molecule has 1 aromatic heterocycles. The summed E-state index contributed by atoms with van der Waals surface area (Å²) in [5.74, 6) is 0.480. The Balaban J connectivity index is 2.07. The number of rotatable bonds is 3. The molecule has 0 amide bonds. The lowest BCUT2D eigenvalue weighted by Crippen LogP contribution is -2.39. The number of sulfonamides is 1. The molecule has 0 aliphatic carbocycles. The number of aliphatic hydroxyl groups is 1. The van der Waals surface area contributed by atoms with Gasteiger partial charge >= 0.3 is 0 Å². The van der Waals surface area contributed by atoms with Crippen LogP contribution in [0.4, 0.5) is 5.69 Å². The monoisotopic (exact) mass is 307 g/mol. The number of para-hydroxylation sites is 1. The number of benzene rings is 1. The van der Waals surface area contributed by atoms with E-state index in [9.17, 15) is 8.42 Å². The van der Waals surface area contributed by atoms with Crippen molar-refractivity contribution in [2.24, 2.45) is 5.92 Å². The van der Waals surface area contributed by atoms with Crippen molar-refractivity contribution in [1.29, 1.82) is 0 Å². The van der Waals surface area contributed by atoms with Gasteiger partial charge in [-0.1, -0.05) is 25.1 Å². The van der Waals surface area contributed by atoms with Gasteiger partial charge in [0.1, 0.15) is 12.4 Å². The van der Waals surface area contributed by atoms with Crippen LogP contribution in [0.25, 0.3) is 0 Å². The molecular weight excluding hydrogens is 290 g/mol. The number of aliphatic hydroxyl groups excluding tert-OH is 1. The highest BCUT2D eigenvalue weighted by molar-refractivity contribution is 7.92. The van der Waals surface area contributed by atoms with E-state index in [1.54, 1.807) is 0 Å². The van der Waals surface area contributed by atoms with Crippen molar-refractivity contribution in [1.82, 2.24) is 0 Å². The number of nitrogens with zero attached hydrogens (tertiary/aromatic N) is 1. The SMILES string of the molecule is CC1Cc2ccccc2N(S(=O)(=O)c2ccc(CO)o2)C1. The van der Waals surface area contributed by atoms with E-state index in [1.165, 1.54) is 16.4 Å². The Bertz CT molecular complexity index is 751. The molecule has 21 heavy (non-hydrogen) atoms. The van der Waals surface area contributed by atoms with Crippen LogP contribution in [0.5, 0.6) is 0 Å². The summed E-state index contributed by atoms with van der Waals surface area (Å²) in [7, 11) is -3.74. The second-order valence-corrected chi connectivity index (χ2v) is 7.15. The fourth-order valence-corrected chi connectivity index (χ4v) is 4.22. The lowest BCUT2D eigenvalue weighted by molar-refractivity contribution is 0.236. The van der Waals surface area contributed by atoms with Gasteiger partial charge in [0.05, 0.1) is 5.69 Å². The third-order valence-corrected chi connectivity index (χ3v) is 5.30. The highest BCUT2D eigenvalue weighted by Gasteiger charge is 2.33. The predicted octanol–water partition coefficient (Wildman–Crippen LogP) is 2.16. The number of fused-ring (bicyclic) bond motifs is 1. The lowest BCUT2D eigenvalue weighted by Gasteiger charge is -2.33. The molecule has 1 unspecified atom stereocenters. The zero-order chi connectivity index (χ0) is 15.0. The summed E-state index contributed by atoms with van der Waals surface area (Å²) in [6.45, 7) is 2.14. The molecule has 0 fully saturated rings. The number of anilines is 1. The maximum atomic E-state index is 12.8. The Hall–Kier alpha value is -1.79. The van der Waals surface area contributed by atoms with Crippen LogP contribution in [0.15, 0.2) is 45.9 Å². The van der Waals surface area contributed by atoms with Gasteiger partial charge in [0.25, 0.3) is 10.0 Å². The topological polar surface area (TPSA) is 70.8 Å². The number of hydrogen-bond donors (Lipinski definition) is 1. The predicted molar refractivity (Wildman–Crippen MR) is 78.5 cm³/mol. The van der Waals surface area contributed by atoms with Crippen molar-refractivity contribution in [3.63, 3.8) is 0 Å². The van der Waals surface area contributed by atoms with Gasteiger partial charge in [-0.2, -0.15) is 8.42 Å². The fraction of sp³-hybridized carbons (Fsp3) is 0.333. The molecular formula is C15H17NO4S. The largest absolute Gasteiger partial charge is 0.445 e. The molecule has 6 heteroatoms. The van der Waals surface area contributed by atoms with Gasteiger partial charge in [-0.15, -0.1) is 0 Å². The van der Waals surface area contributed by atoms with Crippen LogP contribution in [-0.4, -0.2) is 20.1 Å². The standard InChI is InChI=1S/C15H17NO4S/c1-11-8-12-4-2-3-5-14(12)16(9-11)21(18,19)15-7-6-13(10-17)20-15/h2-7,11,17H,8-10H2,1H3. The summed E-state index contributed by atoms with van der Waals surface area (Å²) in [5.41, 5.74) is 1.73. The molecule has 0 saturated carbocycles. The minimum absolute atomic E-state index is 0.129. The van der Waals surface area contributed by atoms with Crippen LogP contribution in [0, 0.1) is 5.92 Å². The van der Waals surface area contributed by atoms with Gasteiger partial charge in [-0.3, -0.25) is 4.31 Å². The van der Waals surface area contributed by atoms with Crippen LogP contribution < -0.4 is 4.31 Å². The van der Waals surface area contributed by atoms with Crippen molar-refractivity contribution in [3.8, 4) is 0 Å². The van der Waals surface area contributed by atoms with E-state index in [-0.39, 0.29) is 23.4 Å². The molecule has 0 radical (unpaired) electrons. The molecule has 1 atom stereocenters. The van der Waals surface area contributed by atoms with Crippen LogP contribution in [0.3, 0.4) is 0 Å². The van der Waals surface area contributed by atoms with Gasteiger partial charge in [0.2, 0.25) is 5.09 Å². The Kier molecular flexibility index (Phi) is 3.51. The first-order valence-corrected chi connectivity index (χ1v) is 8.26. The number of hydrogen-bond acceptors (Lipinski definition) is 4. The molecule has 112 valence electrons. The highest BCUT2D eigenvalue weighted by atomic mass is 32.2. The molecule has 1 aliphatic rings. The third-order valence-electron chi connectivity index (χ3n) is 3.64. The van der Waals surface area contributed by atoms with Crippen molar-refractivity contribution >= 4 is 15.7 Å². The van der Waals surface area contributed by atoms with Gasteiger partial charge < -0.3 is 9.52 Å². The van der Waals surface area contributed by atoms with Crippen molar-refractivity contribution < 1.29 is 17.9 Å². The highest BCUT2D eigenvalue weighted by Crippen LogP contribution is 2.34. The van der Waals surface area contributed by atoms with Crippen LogP contribution in [0.2, 0.25) is 0 Å². The summed E-state index contributed by atoms with van der Waals surface area (Å²) in [6, 6.07) is 10.4. The average molecular weight is 307 g/mol. The fourth-order valence-electron chi connectivity index (χ4n) is 2.67. The van der Waals surface area contributed by atoms with E-state index in [4.69, 9.17) is 9.52 Å². The first-order valence-electron chi connectivity index (χ1n) is 6.82. The average Bonchev–Trinajstić information content (AvgIpc) is 2.96. The van der Waals surface area contributed by atoms with E-state index in [0.717, 1.165) is 12.0 Å². The van der Waals surface area contributed by atoms with Gasteiger partial charge in [0, 0.05) is 6.54 Å². The van der Waals surface area contributed by atoms with E-state index >= 15 is 0 Å². The molecule has 3 rings (SSSR count). The molecule has 0 bridgehead atoms.